The Morgan fingerprint density at radius 2 is 1.57 bits per heavy atom. The van der Waals surface area contributed by atoms with E-state index in [0.717, 1.165) is 5.56 Å². The van der Waals surface area contributed by atoms with E-state index in [2.05, 4.69) is 0 Å². The summed E-state index contributed by atoms with van der Waals surface area (Å²) in [4.78, 5) is 22.9. The van der Waals surface area contributed by atoms with Crippen molar-refractivity contribution in [3.8, 4) is 0 Å². The van der Waals surface area contributed by atoms with Crippen molar-refractivity contribution in [1.82, 2.24) is 0 Å². The highest BCUT2D eigenvalue weighted by Crippen LogP contribution is 2.44. The SMILES string of the molecule is CC(=O)OCC1(COC(C)=O)O[C@@H]2OC(C)(C)O[C@@H]2[C@@H]1OCc1ccccc1. The standard InChI is InChI=1S/C20H26O8/c1-13(21)24-11-20(12-25-14(2)22)17(23-10-15-8-6-5-7-9-15)16-18(28-20)27-19(3,4)26-16/h5-9,16-18H,10-12H2,1-4H3/t16-,17+,18+/m1/s1. The molecule has 28 heavy (non-hydrogen) atoms. The van der Waals surface area contributed by atoms with Crippen LogP contribution >= 0.6 is 0 Å². The Hall–Kier alpha value is -2.00. The van der Waals surface area contributed by atoms with Gasteiger partial charge in [0.1, 0.15) is 25.4 Å². The molecule has 0 aliphatic carbocycles. The van der Waals surface area contributed by atoms with E-state index >= 15 is 0 Å². The first-order chi connectivity index (χ1) is 13.2. The molecule has 2 aliphatic rings. The number of rotatable bonds is 7. The molecule has 0 bridgehead atoms. The molecular weight excluding hydrogens is 368 g/mol. The topological polar surface area (TPSA) is 89.5 Å². The molecule has 1 aromatic rings. The molecule has 154 valence electrons. The van der Waals surface area contributed by atoms with Crippen LogP contribution < -0.4 is 0 Å². The summed E-state index contributed by atoms with van der Waals surface area (Å²) >= 11 is 0. The van der Waals surface area contributed by atoms with E-state index in [1.54, 1.807) is 13.8 Å². The average molecular weight is 394 g/mol. The van der Waals surface area contributed by atoms with Crippen LogP contribution in [0.25, 0.3) is 0 Å². The number of esters is 2. The molecule has 0 aromatic heterocycles. The summed E-state index contributed by atoms with van der Waals surface area (Å²) in [6.07, 6.45) is -1.98. The van der Waals surface area contributed by atoms with Crippen molar-refractivity contribution in [2.24, 2.45) is 0 Å². The van der Waals surface area contributed by atoms with Crippen LogP contribution in [0.1, 0.15) is 33.3 Å². The third kappa shape index (κ3) is 4.70. The van der Waals surface area contributed by atoms with Crippen LogP contribution in [0.15, 0.2) is 30.3 Å². The molecule has 0 spiro atoms. The number of hydrogen-bond donors (Lipinski definition) is 0. The minimum absolute atomic E-state index is 0.158. The Morgan fingerprint density at radius 3 is 2.14 bits per heavy atom. The normalized spacial score (nSPS) is 27.2. The summed E-state index contributed by atoms with van der Waals surface area (Å²) < 4.78 is 34.5. The summed E-state index contributed by atoms with van der Waals surface area (Å²) in [6, 6.07) is 9.61. The molecule has 8 heteroatoms. The summed E-state index contributed by atoms with van der Waals surface area (Å²) in [7, 11) is 0. The van der Waals surface area contributed by atoms with Gasteiger partial charge in [-0.3, -0.25) is 9.59 Å². The van der Waals surface area contributed by atoms with Gasteiger partial charge < -0.3 is 28.4 Å². The smallest absolute Gasteiger partial charge is 0.302 e. The molecule has 3 rings (SSSR count). The summed E-state index contributed by atoms with van der Waals surface area (Å²) in [5, 5.41) is 0. The maximum atomic E-state index is 11.4. The maximum absolute atomic E-state index is 11.4. The maximum Gasteiger partial charge on any atom is 0.302 e. The van der Waals surface area contributed by atoms with Gasteiger partial charge in [0, 0.05) is 13.8 Å². The second kappa shape index (κ2) is 8.16. The second-order valence-corrected chi connectivity index (χ2v) is 7.43. The van der Waals surface area contributed by atoms with Crippen molar-refractivity contribution in [3.05, 3.63) is 35.9 Å². The lowest BCUT2D eigenvalue weighted by Gasteiger charge is -2.35. The van der Waals surface area contributed by atoms with E-state index in [1.165, 1.54) is 13.8 Å². The predicted octanol–water partition coefficient (Wildman–Crippen LogP) is 1.94. The van der Waals surface area contributed by atoms with E-state index in [9.17, 15) is 9.59 Å². The molecule has 2 aliphatic heterocycles. The van der Waals surface area contributed by atoms with E-state index < -0.39 is 41.8 Å². The van der Waals surface area contributed by atoms with Gasteiger partial charge in [-0.05, 0) is 19.4 Å². The van der Waals surface area contributed by atoms with Crippen molar-refractivity contribution >= 4 is 11.9 Å². The van der Waals surface area contributed by atoms with Gasteiger partial charge in [-0.15, -0.1) is 0 Å². The highest BCUT2D eigenvalue weighted by atomic mass is 16.9. The molecule has 0 saturated carbocycles. The molecule has 2 fully saturated rings. The molecule has 0 radical (unpaired) electrons. The summed E-state index contributed by atoms with van der Waals surface area (Å²) in [5.41, 5.74) is -0.282. The Morgan fingerprint density at radius 1 is 0.964 bits per heavy atom. The summed E-state index contributed by atoms with van der Waals surface area (Å²) in [6.45, 7) is 6.12. The number of carbonyl (C=O) groups excluding carboxylic acids is 2. The third-order valence-electron chi connectivity index (χ3n) is 4.57. The van der Waals surface area contributed by atoms with Crippen molar-refractivity contribution < 1.29 is 38.0 Å². The minimum atomic E-state index is -1.24. The number of ether oxygens (including phenoxy) is 6. The zero-order chi connectivity index (χ0) is 20.4. The van der Waals surface area contributed by atoms with Gasteiger partial charge >= 0.3 is 11.9 Å². The fraction of sp³-hybridized carbons (Fsp3) is 0.600. The van der Waals surface area contributed by atoms with Crippen molar-refractivity contribution in [1.29, 1.82) is 0 Å². The first kappa shape index (κ1) is 20.7. The first-order valence-corrected chi connectivity index (χ1v) is 9.16. The number of fused-ring (bicyclic) bond motifs is 1. The molecule has 1 aromatic carbocycles. The van der Waals surface area contributed by atoms with Gasteiger partial charge in [-0.2, -0.15) is 0 Å². The lowest BCUT2D eigenvalue weighted by Crippen LogP contribution is -2.53. The van der Waals surface area contributed by atoms with Gasteiger partial charge in [0.2, 0.25) is 0 Å². The van der Waals surface area contributed by atoms with Crippen LogP contribution in [0.4, 0.5) is 0 Å². The molecule has 2 saturated heterocycles. The van der Waals surface area contributed by atoms with E-state index in [4.69, 9.17) is 28.4 Å². The second-order valence-electron chi connectivity index (χ2n) is 7.43. The molecule has 0 N–H and O–H groups in total. The minimum Gasteiger partial charge on any atom is -0.463 e. The Balaban J connectivity index is 1.85. The lowest BCUT2D eigenvalue weighted by atomic mass is 9.96. The average Bonchev–Trinajstić information content (AvgIpc) is 3.06. The van der Waals surface area contributed by atoms with Crippen molar-refractivity contribution in [2.45, 2.75) is 64.2 Å². The van der Waals surface area contributed by atoms with Crippen molar-refractivity contribution in [2.75, 3.05) is 13.2 Å². The van der Waals surface area contributed by atoms with Gasteiger partial charge in [0.25, 0.3) is 0 Å². The first-order valence-electron chi connectivity index (χ1n) is 9.16. The summed E-state index contributed by atoms with van der Waals surface area (Å²) in [5.74, 6) is -1.81. The molecule has 0 amide bonds. The number of carbonyl (C=O) groups is 2. The van der Waals surface area contributed by atoms with E-state index in [0.29, 0.717) is 0 Å². The number of benzene rings is 1. The van der Waals surface area contributed by atoms with Crippen LogP contribution in [-0.2, 0) is 44.6 Å². The Labute approximate surface area is 164 Å². The molecular formula is C20H26O8. The molecule has 2 heterocycles. The predicted molar refractivity (Wildman–Crippen MR) is 95.9 cm³/mol. The van der Waals surface area contributed by atoms with E-state index in [1.807, 2.05) is 30.3 Å². The fourth-order valence-electron chi connectivity index (χ4n) is 3.38. The number of hydrogen-bond acceptors (Lipinski definition) is 8. The highest BCUT2D eigenvalue weighted by molar-refractivity contribution is 5.66. The molecule has 8 nitrogen and oxygen atoms in total. The monoisotopic (exact) mass is 394 g/mol. The zero-order valence-corrected chi connectivity index (χ0v) is 16.5. The van der Waals surface area contributed by atoms with Gasteiger partial charge in [0.05, 0.1) is 6.61 Å². The van der Waals surface area contributed by atoms with Gasteiger partial charge in [0.15, 0.2) is 17.7 Å². The quantitative estimate of drug-likeness (QED) is 0.649. The fourth-order valence-corrected chi connectivity index (χ4v) is 3.38. The van der Waals surface area contributed by atoms with Crippen molar-refractivity contribution in [3.63, 3.8) is 0 Å². The van der Waals surface area contributed by atoms with Crippen LogP contribution in [0.3, 0.4) is 0 Å². The Bertz CT molecular complexity index is 683. The van der Waals surface area contributed by atoms with Crippen LogP contribution in [0.5, 0.6) is 0 Å². The van der Waals surface area contributed by atoms with E-state index in [-0.39, 0.29) is 19.8 Å². The van der Waals surface area contributed by atoms with Crippen LogP contribution in [-0.4, -0.2) is 55.0 Å². The Kier molecular flexibility index (Phi) is 6.04. The largest absolute Gasteiger partial charge is 0.463 e. The van der Waals surface area contributed by atoms with Gasteiger partial charge in [-0.25, -0.2) is 0 Å². The van der Waals surface area contributed by atoms with Gasteiger partial charge in [-0.1, -0.05) is 30.3 Å². The molecule has 3 atom stereocenters. The van der Waals surface area contributed by atoms with Crippen LogP contribution in [0, 0.1) is 0 Å². The van der Waals surface area contributed by atoms with Crippen LogP contribution in [0.2, 0.25) is 0 Å². The molecule has 0 unspecified atom stereocenters. The highest BCUT2D eigenvalue weighted by Gasteiger charge is 2.63. The lowest BCUT2D eigenvalue weighted by molar-refractivity contribution is -0.261. The zero-order valence-electron chi connectivity index (χ0n) is 16.5. The third-order valence-corrected chi connectivity index (χ3v) is 4.57.